The predicted octanol–water partition coefficient (Wildman–Crippen LogP) is 0.888. The van der Waals surface area contributed by atoms with Crippen LogP contribution in [0.15, 0.2) is 4.52 Å². The molecule has 1 saturated heterocycles. The lowest BCUT2D eigenvalue weighted by atomic mass is 9.95. The first kappa shape index (κ1) is 15.0. The zero-order valence-corrected chi connectivity index (χ0v) is 12.5. The first-order chi connectivity index (χ1) is 9.52. The molecule has 6 heteroatoms. The third-order valence-corrected chi connectivity index (χ3v) is 3.88. The molecule has 1 aromatic rings. The van der Waals surface area contributed by atoms with Crippen molar-refractivity contribution in [3.8, 4) is 0 Å². The highest BCUT2D eigenvalue weighted by Gasteiger charge is 2.29. The summed E-state index contributed by atoms with van der Waals surface area (Å²) in [4.78, 5) is 12.1. The van der Waals surface area contributed by atoms with Crippen LogP contribution in [0.25, 0.3) is 0 Å². The summed E-state index contributed by atoms with van der Waals surface area (Å²) in [7, 11) is 1.67. The Bertz CT molecular complexity index is 453. The quantitative estimate of drug-likeness (QED) is 0.838. The number of aryl methyl sites for hydroxylation is 2. The molecular weight excluding hydrogens is 258 g/mol. The molecule has 0 saturated carbocycles. The first-order valence-electron chi connectivity index (χ1n) is 6.98. The molecule has 3 atom stereocenters. The molecule has 2 N–H and O–H groups in total. The summed E-state index contributed by atoms with van der Waals surface area (Å²) >= 11 is 0. The lowest BCUT2D eigenvalue weighted by Crippen LogP contribution is -2.43. The first-order valence-corrected chi connectivity index (χ1v) is 6.98. The second kappa shape index (κ2) is 6.37. The number of amides is 1. The fourth-order valence-electron chi connectivity index (χ4n) is 2.89. The van der Waals surface area contributed by atoms with E-state index in [9.17, 15) is 4.79 Å². The van der Waals surface area contributed by atoms with Crippen LogP contribution < -0.4 is 10.6 Å². The third-order valence-electron chi connectivity index (χ3n) is 3.88. The SMILES string of the molecule is COC1CNCC1NC(=O)CC(C)c1c(C)noc1C. The van der Waals surface area contributed by atoms with Crippen molar-refractivity contribution in [3.63, 3.8) is 0 Å². The summed E-state index contributed by atoms with van der Waals surface area (Å²) in [5.74, 6) is 0.921. The van der Waals surface area contributed by atoms with Crippen LogP contribution in [0.2, 0.25) is 0 Å². The maximum absolute atomic E-state index is 12.1. The van der Waals surface area contributed by atoms with Gasteiger partial charge in [-0.1, -0.05) is 12.1 Å². The van der Waals surface area contributed by atoms with E-state index in [0.29, 0.717) is 6.42 Å². The van der Waals surface area contributed by atoms with Crippen LogP contribution in [0.1, 0.15) is 36.3 Å². The summed E-state index contributed by atoms with van der Waals surface area (Å²) in [6.07, 6.45) is 0.476. The monoisotopic (exact) mass is 281 g/mol. The van der Waals surface area contributed by atoms with E-state index < -0.39 is 0 Å². The molecule has 0 aliphatic carbocycles. The number of aromatic nitrogens is 1. The summed E-state index contributed by atoms with van der Waals surface area (Å²) in [5, 5.41) is 10.2. The van der Waals surface area contributed by atoms with Gasteiger partial charge >= 0.3 is 0 Å². The van der Waals surface area contributed by atoms with Gasteiger partial charge in [-0.25, -0.2) is 0 Å². The molecule has 1 aliphatic heterocycles. The summed E-state index contributed by atoms with van der Waals surface area (Å²) in [5.41, 5.74) is 1.90. The Kier molecular flexibility index (Phi) is 4.77. The molecule has 1 aliphatic rings. The predicted molar refractivity (Wildman–Crippen MR) is 74.6 cm³/mol. The summed E-state index contributed by atoms with van der Waals surface area (Å²) in [6.45, 7) is 7.34. The van der Waals surface area contributed by atoms with Crippen molar-refractivity contribution >= 4 is 5.91 Å². The van der Waals surface area contributed by atoms with Gasteiger partial charge in [0.1, 0.15) is 5.76 Å². The fraction of sp³-hybridized carbons (Fsp3) is 0.714. The van der Waals surface area contributed by atoms with Gasteiger partial charge in [-0.2, -0.15) is 0 Å². The van der Waals surface area contributed by atoms with E-state index in [1.165, 1.54) is 0 Å². The van der Waals surface area contributed by atoms with Crippen molar-refractivity contribution in [1.82, 2.24) is 15.8 Å². The Labute approximate surface area is 119 Å². The minimum Gasteiger partial charge on any atom is -0.378 e. The Hall–Kier alpha value is -1.40. The van der Waals surface area contributed by atoms with Gasteiger partial charge in [-0.15, -0.1) is 0 Å². The number of ether oxygens (including phenoxy) is 1. The summed E-state index contributed by atoms with van der Waals surface area (Å²) < 4.78 is 10.5. The number of carbonyl (C=O) groups excluding carboxylic acids is 1. The van der Waals surface area contributed by atoms with Crippen molar-refractivity contribution in [3.05, 3.63) is 17.0 Å². The van der Waals surface area contributed by atoms with Gasteiger partial charge in [-0.3, -0.25) is 4.79 Å². The van der Waals surface area contributed by atoms with E-state index in [-0.39, 0.29) is 24.0 Å². The molecule has 0 spiro atoms. The van der Waals surface area contributed by atoms with Crippen molar-refractivity contribution in [2.24, 2.45) is 0 Å². The average Bonchev–Trinajstić information content (AvgIpc) is 2.96. The molecule has 0 radical (unpaired) electrons. The molecular formula is C14H23N3O3. The van der Waals surface area contributed by atoms with E-state index in [1.807, 2.05) is 20.8 Å². The summed E-state index contributed by atoms with van der Waals surface area (Å²) in [6, 6.07) is 0.0457. The molecule has 0 aromatic carbocycles. The second-order valence-corrected chi connectivity index (χ2v) is 5.45. The normalized spacial score (nSPS) is 23.8. The number of nitrogens with zero attached hydrogens (tertiary/aromatic N) is 1. The van der Waals surface area contributed by atoms with Gasteiger partial charge in [0.05, 0.1) is 17.8 Å². The molecule has 0 bridgehead atoms. The van der Waals surface area contributed by atoms with E-state index >= 15 is 0 Å². The Morgan fingerprint density at radius 3 is 2.90 bits per heavy atom. The van der Waals surface area contributed by atoms with Crippen molar-refractivity contribution in [1.29, 1.82) is 0 Å². The minimum absolute atomic E-state index is 0.0354. The van der Waals surface area contributed by atoms with E-state index in [4.69, 9.17) is 9.26 Å². The molecule has 2 rings (SSSR count). The Morgan fingerprint density at radius 1 is 1.55 bits per heavy atom. The largest absolute Gasteiger partial charge is 0.378 e. The van der Waals surface area contributed by atoms with E-state index in [0.717, 1.165) is 30.1 Å². The van der Waals surface area contributed by atoms with Crippen molar-refractivity contribution < 1.29 is 14.1 Å². The van der Waals surface area contributed by atoms with Crippen LogP contribution in [0.3, 0.4) is 0 Å². The number of hydrogen-bond acceptors (Lipinski definition) is 5. The topological polar surface area (TPSA) is 76.4 Å². The highest BCUT2D eigenvalue weighted by molar-refractivity contribution is 5.77. The maximum atomic E-state index is 12.1. The highest BCUT2D eigenvalue weighted by Crippen LogP contribution is 2.25. The lowest BCUT2D eigenvalue weighted by Gasteiger charge is -2.19. The number of carbonyl (C=O) groups is 1. The standard InChI is InChI=1S/C14H23N3O3/c1-8(14-9(2)17-20-10(14)3)5-13(18)16-11-6-15-7-12(11)19-4/h8,11-12,15H,5-7H2,1-4H3,(H,16,18). The third kappa shape index (κ3) is 3.19. The van der Waals surface area contributed by atoms with Gasteiger partial charge in [0, 0.05) is 32.2 Å². The molecule has 1 aromatic heterocycles. The molecule has 2 heterocycles. The highest BCUT2D eigenvalue weighted by atomic mass is 16.5. The zero-order chi connectivity index (χ0) is 14.7. The van der Waals surface area contributed by atoms with Crippen LogP contribution in [0.4, 0.5) is 0 Å². The second-order valence-electron chi connectivity index (χ2n) is 5.45. The molecule has 20 heavy (non-hydrogen) atoms. The van der Waals surface area contributed by atoms with Crippen molar-refractivity contribution in [2.75, 3.05) is 20.2 Å². The minimum atomic E-state index is 0.0354. The zero-order valence-electron chi connectivity index (χ0n) is 12.5. The molecule has 112 valence electrons. The molecule has 1 amide bonds. The van der Waals surface area contributed by atoms with E-state index in [2.05, 4.69) is 15.8 Å². The van der Waals surface area contributed by atoms with Gasteiger partial charge in [0.2, 0.25) is 5.91 Å². The van der Waals surface area contributed by atoms with Crippen LogP contribution >= 0.6 is 0 Å². The van der Waals surface area contributed by atoms with Crippen LogP contribution in [0.5, 0.6) is 0 Å². The lowest BCUT2D eigenvalue weighted by molar-refractivity contribution is -0.122. The smallest absolute Gasteiger partial charge is 0.220 e. The Balaban J connectivity index is 1.91. The number of rotatable bonds is 5. The fourth-order valence-corrected chi connectivity index (χ4v) is 2.89. The average molecular weight is 281 g/mol. The molecule has 3 unspecified atom stereocenters. The van der Waals surface area contributed by atoms with Gasteiger partial charge < -0.3 is 19.9 Å². The van der Waals surface area contributed by atoms with Crippen LogP contribution in [0, 0.1) is 13.8 Å². The molecule has 6 nitrogen and oxygen atoms in total. The Morgan fingerprint density at radius 2 is 2.30 bits per heavy atom. The number of hydrogen-bond donors (Lipinski definition) is 2. The van der Waals surface area contributed by atoms with Crippen LogP contribution in [-0.2, 0) is 9.53 Å². The van der Waals surface area contributed by atoms with Crippen LogP contribution in [-0.4, -0.2) is 43.4 Å². The van der Waals surface area contributed by atoms with Gasteiger partial charge in [0.25, 0.3) is 0 Å². The molecule has 1 fully saturated rings. The van der Waals surface area contributed by atoms with Crippen molar-refractivity contribution in [2.45, 2.75) is 45.3 Å². The van der Waals surface area contributed by atoms with Gasteiger partial charge in [-0.05, 0) is 19.8 Å². The number of methoxy groups -OCH3 is 1. The maximum Gasteiger partial charge on any atom is 0.220 e. The van der Waals surface area contributed by atoms with Gasteiger partial charge in [0.15, 0.2) is 0 Å². The number of nitrogens with one attached hydrogen (secondary N) is 2. The van der Waals surface area contributed by atoms with E-state index in [1.54, 1.807) is 7.11 Å².